The van der Waals surface area contributed by atoms with Crippen molar-refractivity contribution in [2.24, 2.45) is 0 Å². The number of carbonyl (C=O) groups excluding carboxylic acids is 1. The van der Waals surface area contributed by atoms with E-state index in [4.69, 9.17) is 14.2 Å². The Labute approximate surface area is 200 Å². The molecule has 0 atom stereocenters. The van der Waals surface area contributed by atoms with E-state index in [1.165, 1.54) is 10.4 Å². The molecule has 0 radical (unpaired) electrons. The molecule has 1 amide bonds. The average molecular weight is 490 g/mol. The summed E-state index contributed by atoms with van der Waals surface area (Å²) in [6.07, 6.45) is 0. The zero-order valence-electron chi connectivity index (χ0n) is 19.4. The van der Waals surface area contributed by atoms with E-state index in [1.54, 1.807) is 30.2 Å². The Kier molecular flexibility index (Phi) is 8.04. The van der Waals surface area contributed by atoms with Gasteiger partial charge in [0.1, 0.15) is 18.1 Å². The number of benzene rings is 2. The van der Waals surface area contributed by atoms with Crippen LogP contribution in [0.5, 0.6) is 11.5 Å². The summed E-state index contributed by atoms with van der Waals surface area (Å²) in [6, 6.07) is 13.8. The fraction of sp³-hybridized carbons (Fsp3) is 0.458. The van der Waals surface area contributed by atoms with Gasteiger partial charge in [0.05, 0.1) is 25.2 Å². The van der Waals surface area contributed by atoms with Crippen LogP contribution in [0.25, 0.3) is 0 Å². The van der Waals surface area contributed by atoms with Crippen LogP contribution < -0.4 is 9.47 Å². The number of hydrogen-bond donors (Lipinski definition) is 0. The van der Waals surface area contributed by atoms with E-state index in [0.29, 0.717) is 51.6 Å². The first-order valence-electron chi connectivity index (χ1n) is 11.4. The molecule has 2 saturated heterocycles. The van der Waals surface area contributed by atoms with Crippen LogP contribution in [0.3, 0.4) is 0 Å². The predicted octanol–water partition coefficient (Wildman–Crippen LogP) is 1.55. The SMILES string of the molecule is COc1ccc(OCCN2CCN(C(=O)c3cccc(S(=O)(=O)N4CCOCC4)c3)CC2)cc1. The Hall–Kier alpha value is -2.66. The third-order valence-corrected chi connectivity index (χ3v) is 7.98. The van der Waals surface area contributed by atoms with Crippen LogP contribution in [0.15, 0.2) is 53.4 Å². The van der Waals surface area contributed by atoms with Crippen molar-refractivity contribution in [3.05, 3.63) is 54.1 Å². The summed E-state index contributed by atoms with van der Waals surface area (Å²) in [5, 5.41) is 0. The number of morpholine rings is 1. The first-order valence-corrected chi connectivity index (χ1v) is 12.9. The smallest absolute Gasteiger partial charge is 0.253 e. The van der Waals surface area contributed by atoms with Crippen molar-refractivity contribution in [1.29, 1.82) is 0 Å². The van der Waals surface area contributed by atoms with Crippen molar-refractivity contribution in [2.45, 2.75) is 4.90 Å². The standard InChI is InChI=1S/C24H31N3O6S/c1-31-21-5-7-22(8-6-21)33-18-13-25-9-11-26(12-10-25)24(28)20-3-2-4-23(19-20)34(29,30)27-14-16-32-17-15-27/h2-8,19H,9-18H2,1H3. The summed E-state index contributed by atoms with van der Waals surface area (Å²) in [6.45, 7) is 5.38. The number of methoxy groups -OCH3 is 1. The minimum atomic E-state index is -3.64. The molecular formula is C24H31N3O6S. The monoisotopic (exact) mass is 489 g/mol. The van der Waals surface area contributed by atoms with Crippen molar-refractivity contribution < 1.29 is 27.4 Å². The molecule has 2 aromatic rings. The molecule has 2 aromatic carbocycles. The van der Waals surface area contributed by atoms with Gasteiger partial charge in [-0.15, -0.1) is 0 Å². The lowest BCUT2D eigenvalue weighted by molar-refractivity contribution is 0.0620. The maximum atomic E-state index is 13.1. The first kappa shape index (κ1) is 24.5. The molecule has 0 N–H and O–H groups in total. The largest absolute Gasteiger partial charge is 0.497 e. The summed E-state index contributed by atoms with van der Waals surface area (Å²) in [5.41, 5.74) is 0.394. The highest BCUT2D eigenvalue weighted by atomic mass is 32.2. The fourth-order valence-corrected chi connectivity index (χ4v) is 5.50. The highest BCUT2D eigenvalue weighted by Gasteiger charge is 2.28. The number of hydrogen-bond acceptors (Lipinski definition) is 7. The molecule has 2 aliphatic heterocycles. The van der Waals surface area contributed by atoms with Crippen molar-refractivity contribution in [1.82, 2.24) is 14.1 Å². The lowest BCUT2D eigenvalue weighted by Crippen LogP contribution is -2.49. The molecule has 0 aliphatic carbocycles. The maximum Gasteiger partial charge on any atom is 0.253 e. The van der Waals surface area contributed by atoms with Gasteiger partial charge in [-0.05, 0) is 42.5 Å². The Bertz CT molecular complexity index is 1060. The van der Waals surface area contributed by atoms with Gasteiger partial charge in [-0.1, -0.05) is 6.07 Å². The Morgan fingerprint density at radius 2 is 1.62 bits per heavy atom. The van der Waals surface area contributed by atoms with Crippen molar-refractivity contribution in [2.75, 3.05) is 72.7 Å². The van der Waals surface area contributed by atoms with Crippen LogP contribution in [0.4, 0.5) is 0 Å². The molecular weight excluding hydrogens is 458 g/mol. The number of ether oxygens (including phenoxy) is 3. The average Bonchev–Trinajstić information content (AvgIpc) is 2.89. The van der Waals surface area contributed by atoms with E-state index >= 15 is 0 Å². The van der Waals surface area contributed by atoms with E-state index in [0.717, 1.165) is 31.1 Å². The highest BCUT2D eigenvalue weighted by Crippen LogP contribution is 2.20. The zero-order chi connectivity index (χ0) is 24.0. The maximum absolute atomic E-state index is 13.1. The van der Waals surface area contributed by atoms with Gasteiger partial charge in [-0.2, -0.15) is 4.31 Å². The van der Waals surface area contributed by atoms with E-state index in [-0.39, 0.29) is 10.8 Å². The van der Waals surface area contributed by atoms with Gasteiger partial charge in [-0.3, -0.25) is 9.69 Å². The Morgan fingerprint density at radius 1 is 0.941 bits per heavy atom. The molecule has 0 spiro atoms. The van der Waals surface area contributed by atoms with E-state index < -0.39 is 10.0 Å². The summed E-state index contributed by atoms with van der Waals surface area (Å²) < 4.78 is 43.5. The second-order valence-electron chi connectivity index (χ2n) is 8.20. The minimum absolute atomic E-state index is 0.145. The summed E-state index contributed by atoms with van der Waals surface area (Å²) in [4.78, 5) is 17.2. The normalized spacial score (nSPS) is 18.0. The molecule has 2 fully saturated rings. The van der Waals surface area contributed by atoms with Crippen molar-refractivity contribution in [3.63, 3.8) is 0 Å². The van der Waals surface area contributed by atoms with Gasteiger partial charge in [0.2, 0.25) is 10.0 Å². The molecule has 4 rings (SSSR count). The third kappa shape index (κ3) is 5.87. The molecule has 0 aromatic heterocycles. The van der Waals surface area contributed by atoms with Gasteiger partial charge >= 0.3 is 0 Å². The Morgan fingerprint density at radius 3 is 2.29 bits per heavy atom. The van der Waals surface area contributed by atoms with Gasteiger partial charge in [0, 0.05) is 51.4 Å². The summed E-state index contributed by atoms with van der Waals surface area (Å²) in [5.74, 6) is 1.44. The van der Waals surface area contributed by atoms with Crippen molar-refractivity contribution >= 4 is 15.9 Å². The van der Waals surface area contributed by atoms with Gasteiger partial charge in [-0.25, -0.2) is 8.42 Å². The quantitative estimate of drug-likeness (QED) is 0.556. The number of sulfonamides is 1. The number of carbonyl (C=O) groups is 1. The zero-order valence-corrected chi connectivity index (χ0v) is 20.2. The van der Waals surface area contributed by atoms with Gasteiger partial charge in [0.25, 0.3) is 5.91 Å². The van der Waals surface area contributed by atoms with Crippen LogP contribution >= 0.6 is 0 Å². The van der Waals surface area contributed by atoms with Crippen LogP contribution in [0, 0.1) is 0 Å². The highest BCUT2D eigenvalue weighted by molar-refractivity contribution is 7.89. The van der Waals surface area contributed by atoms with Crippen LogP contribution in [0.1, 0.15) is 10.4 Å². The minimum Gasteiger partial charge on any atom is -0.497 e. The summed E-state index contributed by atoms with van der Waals surface area (Å²) in [7, 11) is -2.01. The van der Waals surface area contributed by atoms with Gasteiger partial charge in [0.15, 0.2) is 0 Å². The Balaban J connectivity index is 1.28. The number of rotatable bonds is 8. The molecule has 34 heavy (non-hydrogen) atoms. The number of piperazine rings is 1. The van der Waals surface area contributed by atoms with Crippen molar-refractivity contribution in [3.8, 4) is 11.5 Å². The fourth-order valence-electron chi connectivity index (χ4n) is 4.05. The van der Waals surface area contributed by atoms with E-state index in [2.05, 4.69) is 4.90 Å². The van der Waals surface area contributed by atoms with Crippen LogP contribution in [-0.4, -0.2) is 101 Å². The molecule has 2 heterocycles. The molecule has 2 aliphatic rings. The van der Waals surface area contributed by atoms with E-state index in [9.17, 15) is 13.2 Å². The predicted molar refractivity (Wildman–Crippen MR) is 127 cm³/mol. The number of amides is 1. The molecule has 0 unspecified atom stereocenters. The molecule has 9 nitrogen and oxygen atoms in total. The molecule has 0 saturated carbocycles. The molecule has 10 heteroatoms. The van der Waals surface area contributed by atoms with Crippen LogP contribution in [0.2, 0.25) is 0 Å². The molecule has 184 valence electrons. The lowest BCUT2D eigenvalue weighted by Gasteiger charge is -2.34. The molecule has 0 bridgehead atoms. The second kappa shape index (κ2) is 11.2. The second-order valence-corrected chi connectivity index (χ2v) is 10.1. The van der Waals surface area contributed by atoms with Gasteiger partial charge < -0.3 is 19.1 Å². The van der Waals surface area contributed by atoms with Crippen LogP contribution in [-0.2, 0) is 14.8 Å². The topological polar surface area (TPSA) is 88.6 Å². The first-order chi connectivity index (χ1) is 16.5. The third-order valence-electron chi connectivity index (χ3n) is 6.08. The van der Waals surface area contributed by atoms with E-state index in [1.807, 2.05) is 24.3 Å². The summed E-state index contributed by atoms with van der Waals surface area (Å²) >= 11 is 0. The number of nitrogens with zero attached hydrogens (tertiary/aromatic N) is 3. The lowest BCUT2D eigenvalue weighted by atomic mass is 10.2.